The van der Waals surface area contributed by atoms with Gasteiger partial charge in [0.2, 0.25) is 0 Å². The quantitative estimate of drug-likeness (QED) is 0.704. The van der Waals surface area contributed by atoms with Crippen molar-refractivity contribution >= 4 is 30.5 Å². The van der Waals surface area contributed by atoms with Gasteiger partial charge >= 0.3 is 0 Å². The van der Waals surface area contributed by atoms with Crippen LogP contribution >= 0.6 is 24.8 Å². The van der Waals surface area contributed by atoms with Crippen molar-refractivity contribution in [2.24, 2.45) is 0 Å². The first-order valence-electron chi connectivity index (χ1n) is 3.14. The number of fused-ring (bicyclic) bond motifs is 1. The largest absolute Gasteiger partial charge is 0.461 e. The number of benzene rings is 1. The second-order valence-corrected chi connectivity index (χ2v) is 2.06. The van der Waals surface area contributed by atoms with Gasteiger partial charge in [0.15, 0.2) is 0 Å². The highest BCUT2D eigenvalue weighted by Gasteiger charge is 2.01. The van der Waals surface area contributed by atoms with E-state index in [0.29, 0.717) is 0 Å². The molecule has 4 heteroatoms. The highest BCUT2D eigenvalue weighted by atomic mass is 35.5. The van der Waals surface area contributed by atoms with Crippen LogP contribution in [0.5, 0.6) is 5.75 Å². The first kappa shape index (κ1) is 11.1. The summed E-state index contributed by atoms with van der Waals surface area (Å²) in [6.07, 6.45) is 3.39. The molecule has 0 saturated carbocycles. The van der Waals surface area contributed by atoms with Crippen molar-refractivity contribution in [3.8, 4) is 5.75 Å². The highest BCUT2D eigenvalue weighted by Crippen LogP contribution is 2.25. The fourth-order valence-corrected chi connectivity index (χ4v) is 0.920. The maximum absolute atomic E-state index is 5.18. The first-order valence-corrected chi connectivity index (χ1v) is 3.14. The van der Waals surface area contributed by atoms with E-state index >= 15 is 0 Å². The summed E-state index contributed by atoms with van der Waals surface area (Å²) in [5, 5.41) is 3.06. The third-order valence-corrected chi connectivity index (χ3v) is 1.39. The summed E-state index contributed by atoms with van der Waals surface area (Å²) < 4.78 is 5.18. The lowest BCUT2D eigenvalue weighted by molar-refractivity contribution is 0.477. The summed E-state index contributed by atoms with van der Waals surface area (Å²) >= 11 is 0. The number of ether oxygens (including phenoxy) is 1. The van der Waals surface area contributed by atoms with Crippen LogP contribution in [-0.4, -0.2) is 0 Å². The van der Waals surface area contributed by atoms with Crippen LogP contribution in [0.15, 0.2) is 36.7 Å². The van der Waals surface area contributed by atoms with Crippen molar-refractivity contribution in [2.75, 3.05) is 5.32 Å². The zero-order valence-corrected chi connectivity index (χ0v) is 7.82. The molecule has 1 heterocycles. The SMILES string of the molecule is C1=COc2ccccc2N1.Cl.Cl. The number of para-hydroxylation sites is 2. The van der Waals surface area contributed by atoms with E-state index in [-0.39, 0.29) is 24.8 Å². The van der Waals surface area contributed by atoms with E-state index < -0.39 is 0 Å². The number of rotatable bonds is 0. The molecule has 0 saturated heterocycles. The normalized spacial score (nSPS) is 11.0. The Labute approximate surface area is 83.4 Å². The molecular weight excluding hydrogens is 197 g/mol. The van der Waals surface area contributed by atoms with Crippen LogP contribution in [0.3, 0.4) is 0 Å². The predicted octanol–water partition coefficient (Wildman–Crippen LogP) is 2.81. The fraction of sp³-hybridized carbons (Fsp3) is 0. The Morgan fingerprint density at radius 1 is 1.08 bits per heavy atom. The van der Waals surface area contributed by atoms with Gasteiger partial charge in [0.05, 0.1) is 5.69 Å². The van der Waals surface area contributed by atoms with Gasteiger partial charge in [-0.1, -0.05) is 12.1 Å². The molecule has 2 nitrogen and oxygen atoms in total. The van der Waals surface area contributed by atoms with Gasteiger partial charge in [-0.25, -0.2) is 0 Å². The molecule has 0 unspecified atom stereocenters. The van der Waals surface area contributed by atoms with Crippen molar-refractivity contribution in [3.63, 3.8) is 0 Å². The van der Waals surface area contributed by atoms with E-state index in [4.69, 9.17) is 4.74 Å². The second kappa shape index (κ2) is 4.91. The minimum Gasteiger partial charge on any atom is -0.461 e. The zero-order valence-electron chi connectivity index (χ0n) is 6.19. The molecule has 0 bridgehead atoms. The number of halogens is 2. The molecule has 12 heavy (non-hydrogen) atoms. The number of hydrogen-bond donors (Lipinski definition) is 1. The molecule has 0 aromatic heterocycles. The Hall–Kier alpha value is -0.860. The van der Waals surface area contributed by atoms with E-state index in [2.05, 4.69) is 5.32 Å². The summed E-state index contributed by atoms with van der Waals surface area (Å²) in [7, 11) is 0. The minimum atomic E-state index is 0. The molecule has 0 radical (unpaired) electrons. The number of hydrogen-bond acceptors (Lipinski definition) is 2. The lowest BCUT2D eigenvalue weighted by Crippen LogP contribution is -1.97. The van der Waals surface area contributed by atoms with Gasteiger partial charge in [0.1, 0.15) is 12.0 Å². The van der Waals surface area contributed by atoms with E-state index in [9.17, 15) is 0 Å². The molecular formula is C8H9Cl2NO. The van der Waals surface area contributed by atoms with Gasteiger partial charge in [-0.3, -0.25) is 0 Å². The Balaban J connectivity index is 0.000000605. The van der Waals surface area contributed by atoms with Crippen LogP contribution < -0.4 is 10.1 Å². The van der Waals surface area contributed by atoms with Crippen molar-refractivity contribution in [2.45, 2.75) is 0 Å². The van der Waals surface area contributed by atoms with Crippen molar-refractivity contribution in [3.05, 3.63) is 36.7 Å². The van der Waals surface area contributed by atoms with Gasteiger partial charge in [-0.15, -0.1) is 24.8 Å². The van der Waals surface area contributed by atoms with Crippen molar-refractivity contribution < 1.29 is 4.74 Å². The zero-order chi connectivity index (χ0) is 6.81. The lowest BCUT2D eigenvalue weighted by Gasteiger charge is -2.11. The summed E-state index contributed by atoms with van der Waals surface area (Å²) in [6.45, 7) is 0. The van der Waals surface area contributed by atoms with Gasteiger partial charge in [-0.05, 0) is 12.1 Å². The summed E-state index contributed by atoms with van der Waals surface area (Å²) in [4.78, 5) is 0. The molecule has 0 amide bonds. The second-order valence-electron chi connectivity index (χ2n) is 2.06. The molecule has 2 rings (SSSR count). The summed E-state index contributed by atoms with van der Waals surface area (Å²) in [5.41, 5.74) is 1.02. The summed E-state index contributed by atoms with van der Waals surface area (Å²) in [6, 6.07) is 7.80. The Kier molecular flexibility index (Phi) is 4.55. The monoisotopic (exact) mass is 205 g/mol. The average Bonchev–Trinajstić information content (AvgIpc) is 2.05. The van der Waals surface area contributed by atoms with Crippen LogP contribution in [-0.2, 0) is 0 Å². The Morgan fingerprint density at radius 2 is 1.83 bits per heavy atom. The van der Waals surface area contributed by atoms with E-state index in [1.807, 2.05) is 24.3 Å². The molecule has 0 fully saturated rings. The number of anilines is 1. The minimum absolute atomic E-state index is 0. The van der Waals surface area contributed by atoms with E-state index in [0.717, 1.165) is 11.4 Å². The molecule has 1 aromatic rings. The van der Waals surface area contributed by atoms with E-state index in [1.165, 1.54) is 0 Å². The third-order valence-electron chi connectivity index (χ3n) is 1.39. The Bertz CT molecular complexity index is 249. The Morgan fingerprint density at radius 3 is 2.58 bits per heavy atom. The topological polar surface area (TPSA) is 21.3 Å². The van der Waals surface area contributed by atoms with Crippen LogP contribution in [0.1, 0.15) is 0 Å². The maximum atomic E-state index is 5.18. The molecule has 66 valence electrons. The van der Waals surface area contributed by atoms with Gasteiger partial charge in [0.25, 0.3) is 0 Å². The van der Waals surface area contributed by atoms with Crippen molar-refractivity contribution in [1.82, 2.24) is 0 Å². The molecule has 1 aromatic carbocycles. The molecule has 1 N–H and O–H groups in total. The highest BCUT2D eigenvalue weighted by molar-refractivity contribution is 5.85. The van der Waals surface area contributed by atoms with Crippen LogP contribution in [0, 0.1) is 0 Å². The predicted molar refractivity (Wildman–Crippen MR) is 54.3 cm³/mol. The summed E-state index contributed by atoms with van der Waals surface area (Å²) in [5.74, 6) is 0.880. The van der Waals surface area contributed by atoms with Gasteiger partial charge < -0.3 is 10.1 Å². The van der Waals surface area contributed by atoms with E-state index in [1.54, 1.807) is 12.5 Å². The molecule has 0 atom stereocenters. The first-order chi connectivity index (χ1) is 4.97. The third kappa shape index (κ3) is 2.06. The maximum Gasteiger partial charge on any atom is 0.150 e. The molecule has 1 aliphatic heterocycles. The molecule has 0 aliphatic carbocycles. The van der Waals surface area contributed by atoms with Crippen molar-refractivity contribution in [1.29, 1.82) is 0 Å². The standard InChI is InChI=1S/C8H7NO.2ClH/c1-2-4-8-7(3-1)9-5-6-10-8;;/h1-6,9H;2*1H. The smallest absolute Gasteiger partial charge is 0.150 e. The lowest BCUT2D eigenvalue weighted by atomic mass is 10.3. The average molecular weight is 206 g/mol. The molecule has 0 spiro atoms. The number of nitrogens with one attached hydrogen (secondary N) is 1. The van der Waals surface area contributed by atoms with Gasteiger partial charge in [-0.2, -0.15) is 0 Å². The van der Waals surface area contributed by atoms with Crippen LogP contribution in [0.4, 0.5) is 5.69 Å². The van der Waals surface area contributed by atoms with Crippen LogP contribution in [0.25, 0.3) is 0 Å². The molecule has 1 aliphatic rings. The van der Waals surface area contributed by atoms with Gasteiger partial charge in [0, 0.05) is 6.20 Å². The van der Waals surface area contributed by atoms with Crippen LogP contribution in [0.2, 0.25) is 0 Å². The fourth-order valence-electron chi connectivity index (χ4n) is 0.920.